The van der Waals surface area contributed by atoms with E-state index in [0.29, 0.717) is 45.4 Å². The number of primary sulfonamides is 1. The molecule has 0 radical (unpaired) electrons. The monoisotopic (exact) mass is 490 g/mol. The van der Waals surface area contributed by atoms with Gasteiger partial charge in [0.2, 0.25) is 10.0 Å². The fraction of sp³-hybridized carbons (Fsp3) is 0.222. The molecule has 1 aromatic carbocycles. The maximum Gasteiger partial charge on any atom is 0.259 e. The number of rotatable bonds is 8. The van der Waals surface area contributed by atoms with E-state index in [1.165, 1.54) is 35.6 Å². The molecule has 0 aliphatic heterocycles. The minimum atomic E-state index is -3.85. The van der Waals surface area contributed by atoms with Crippen molar-refractivity contribution >= 4 is 55.7 Å². The normalized spacial score (nSPS) is 11.7. The number of carbonyl (C=O) groups is 1. The second-order valence-corrected chi connectivity index (χ2v) is 10.1. The van der Waals surface area contributed by atoms with Gasteiger partial charge in [-0.3, -0.25) is 9.69 Å². The van der Waals surface area contributed by atoms with Crippen LogP contribution in [-0.2, 0) is 16.4 Å². The van der Waals surface area contributed by atoms with Crippen molar-refractivity contribution in [2.75, 3.05) is 11.4 Å². The molecule has 32 heavy (non-hydrogen) atoms. The van der Waals surface area contributed by atoms with Crippen LogP contribution in [0.4, 0.5) is 5.82 Å². The summed E-state index contributed by atoms with van der Waals surface area (Å²) in [5.74, 6) is 0.771. The number of aromatic nitrogens is 6. The van der Waals surface area contributed by atoms with E-state index in [9.17, 15) is 13.2 Å². The van der Waals surface area contributed by atoms with Crippen LogP contribution in [0.15, 0.2) is 41.3 Å². The first-order chi connectivity index (χ1) is 15.3. The molecular formula is C18H18N8O3S3. The zero-order valence-corrected chi connectivity index (χ0v) is 19.0. The average Bonchev–Trinajstić information content (AvgIpc) is 3.41. The van der Waals surface area contributed by atoms with Crippen molar-refractivity contribution in [3.05, 3.63) is 51.7 Å². The third-order valence-electron chi connectivity index (χ3n) is 4.64. The van der Waals surface area contributed by atoms with E-state index in [1.54, 1.807) is 11.0 Å². The lowest BCUT2D eigenvalue weighted by Crippen LogP contribution is -2.32. The molecule has 166 valence electrons. The molecule has 0 spiro atoms. The molecule has 11 nitrogen and oxygen atoms in total. The largest absolute Gasteiger partial charge is 0.336 e. The molecule has 4 rings (SSSR count). The molecule has 3 heterocycles. The number of thiazole rings is 1. The number of nitrogens with two attached hydrogens (primary N) is 1. The van der Waals surface area contributed by atoms with Gasteiger partial charge < -0.3 is 4.98 Å². The van der Waals surface area contributed by atoms with E-state index in [1.807, 2.05) is 6.07 Å². The summed E-state index contributed by atoms with van der Waals surface area (Å²) in [6.45, 7) is 0.391. The van der Waals surface area contributed by atoms with Gasteiger partial charge in [-0.2, -0.15) is 5.21 Å². The van der Waals surface area contributed by atoms with Crippen LogP contribution >= 0.6 is 23.6 Å². The smallest absolute Gasteiger partial charge is 0.259 e. The number of H-pyrrole nitrogens is 2. The first kappa shape index (κ1) is 22.1. The van der Waals surface area contributed by atoms with Gasteiger partial charge in [0.25, 0.3) is 5.91 Å². The van der Waals surface area contributed by atoms with Crippen molar-refractivity contribution in [2.24, 2.45) is 5.14 Å². The van der Waals surface area contributed by atoms with Crippen LogP contribution in [0.2, 0.25) is 0 Å². The molecule has 0 atom stereocenters. The first-order valence-corrected chi connectivity index (χ1v) is 12.3. The number of amides is 1. The lowest BCUT2D eigenvalue weighted by molar-refractivity contribution is 0.0985. The molecule has 0 saturated carbocycles. The van der Waals surface area contributed by atoms with Gasteiger partial charge in [0.15, 0.2) is 9.78 Å². The van der Waals surface area contributed by atoms with E-state index >= 15 is 0 Å². The molecule has 0 fully saturated rings. The molecule has 4 aromatic rings. The zero-order valence-electron chi connectivity index (χ0n) is 16.6. The Labute approximate surface area is 191 Å². The van der Waals surface area contributed by atoms with Crippen molar-refractivity contribution in [1.82, 2.24) is 30.6 Å². The summed E-state index contributed by atoms with van der Waals surface area (Å²) < 4.78 is 23.6. The quantitative estimate of drug-likeness (QED) is 0.250. The number of nitrogens with zero attached hydrogens (tertiary/aromatic N) is 5. The number of tetrazole rings is 1. The fourth-order valence-electron chi connectivity index (χ4n) is 3.08. The molecule has 3 aromatic heterocycles. The minimum absolute atomic E-state index is 0.0626. The SMILES string of the molecule is NS(=O)(=O)c1ccc(C(=O)N(CCCCc2nn[nH]n2)c2ccc3[nH]c(=S)sc3n2)cc1. The third kappa shape index (κ3) is 5.04. The number of unbranched alkanes of at least 4 members (excludes halogenated alkanes) is 1. The minimum Gasteiger partial charge on any atom is -0.336 e. The molecule has 0 aliphatic carbocycles. The van der Waals surface area contributed by atoms with Gasteiger partial charge in [-0.15, -0.1) is 10.2 Å². The Morgan fingerprint density at radius 1 is 1.16 bits per heavy atom. The summed E-state index contributed by atoms with van der Waals surface area (Å²) in [6.07, 6.45) is 2.02. The predicted octanol–water partition coefficient (Wildman–Crippen LogP) is 2.18. The molecular weight excluding hydrogens is 472 g/mol. The van der Waals surface area contributed by atoms with Crippen molar-refractivity contribution in [2.45, 2.75) is 24.2 Å². The summed E-state index contributed by atoms with van der Waals surface area (Å²) in [6, 6.07) is 9.07. The lowest BCUT2D eigenvalue weighted by Gasteiger charge is -2.22. The van der Waals surface area contributed by atoms with Crippen LogP contribution < -0.4 is 10.0 Å². The highest BCUT2D eigenvalue weighted by Gasteiger charge is 2.20. The van der Waals surface area contributed by atoms with Gasteiger partial charge in [0, 0.05) is 18.5 Å². The number of nitrogens with one attached hydrogen (secondary N) is 2. The molecule has 14 heteroatoms. The topological polar surface area (TPSA) is 164 Å². The Bertz CT molecular complexity index is 1400. The van der Waals surface area contributed by atoms with Gasteiger partial charge in [-0.1, -0.05) is 16.6 Å². The number of hydrogen-bond acceptors (Lipinski definition) is 9. The Morgan fingerprint density at radius 3 is 2.62 bits per heavy atom. The van der Waals surface area contributed by atoms with Gasteiger partial charge in [-0.25, -0.2) is 18.5 Å². The molecule has 0 aliphatic rings. The second-order valence-electron chi connectivity index (χ2n) is 6.85. The Morgan fingerprint density at radius 2 is 1.94 bits per heavy atom. The second kappa shape index (κ2) is 9.20. The van der Waals surface area contributed by atoms with Crippen molar-refractivity contribution in [1.29, 1.82) is 0 Å². The van der Waals surface area contributed by atoms with Crippen LogP contribution in [0.25, 0.3) is 10.3 Å². The maximum absolute atomic E-state index is 13.3. The van der Waals surface area contributed by atoms with Crippen LogP contribution in [-0.4, -0.2) is 51.5 Å². The highest BCUT2D eigenvalue weighted by Crippen LogP contribution is 2.23. The van der Waals surface area contributed by atoms with Gasteiger partial charge in [0.05, 0.1) is 10.4 Å². The zero-order chi connectivity index (χ0) is 22.7. The standard InChI is InChI=1S/C18H18N8O3S3/c19-32(28,29)12-6-4-11(5-7-12)17(27)26(10-2-1-3-14-22-24-25-23-14)15-9-8-13-16(21-15)31-18(30)20-13/h4-9H,1-3,10H2,(H,20,30)(H2,19,28,29)(H,22,23,24,25). The van der Waals surface area contributed by atoms with Crippen LogP contribution in [0.5, 0.6) is 0 Å². The number of fused-ring (bicyclic) bond motifs is 1. The van der Waals surface area contributed by atoms with Crippen molar-refractivity contribution < 1.29 is 13.2 Å². The van der Waals surface area contributed by atoms with E-state index in [2.05, 4.69) is 30.6 Å². The van der Waals surface area contributed by atoms with E-state index < -0.39 is 10.0 Å². The van der Waals surface area contributed by atoms with Crippen LogP contribution in [0.1, 0.15) is 29.0 Å². The van der Waals surface area contributed by atoms with Crippen molar-refractivity contribution in [3.8, 4) is 0 Å². The van der Waals surface area contributed by atoms with Gasteiger partial charge in [0.1, 0.15) is 10.6 Å². The van der Waals surface area contributed by atoms with Crippen LogP contribution in [0.3, 0.4) is 0 Å². The summed E-state index contributed by atoms with van der Waals surface area (Å²) in [5, 5.41) is 18.9. The summed E-state index contributed by atoms with van der Waals surface area (Å²) in [7, 11) is -3.85. The number of aryl methyl sites for hydroxylation is 1. The van der Waals surface area contributed by atoms with E-state index in [4.69, 9.17) is 17.4 Å². The molecule has 0 saturated heterocycles. The average molecular weight is 491 g/mol. The number of carbonyl (C=O) groups excluding carboxylic acids is 1. The fourth-order valence-corrected chi connectivity index (χ4v) is 4.65. The van der Waals surface area contributed by atoms with Crippen LogP contribution in [0, 0.1) is 3.95 Å². The van der Waals surface area contributed by atoms with Crippen molar-refractivity contribution in [3.63, 3.8) is 0 Å². The Balaban J connectivity index is 1.59. The molecule has 0 bridgehead atoms. The third-order valence-corrected chi connectivity index (χ3v) is 6.72. The molecule has 1 amide bonds. The first-order valence-electron chi connectivity index (χ1n) is 9.48. The Kier molecular flexibility index (Phi) is 6.36. The summed E-state index contributed by atoms with van der Waals surface area (Å²) in [4.78, 5) is 23.2. The highest BCUT2D eigenvalue weighted by atomic mass is 32.2. The summed E-state index contributed by atoms with van der Waals surface area (Å²) >= 11 is 6.51. The van der Waals surface area contributed by atoms with Gasteiger partial charge in [-0.05, 0) is 61.5 Å². The van der Waals surface area contributed by atoms with Gasteiger partial charge >= 0.3 is 0 Å². The Hall–Kier alpha value is -3.07. The number of hydrogen-bond donors (Lipinski definition) is 3. The number of anilines is 1. The maximum atomic E-state index is 13.3. The summed E-state index contributed by atoms with van der Waals surface area (Å²) in [5.41, 5.74) is 1.12. The number of aromatic amines is 2. The van der Waals surface area contributed by atoms with E-state index in [-0.39, 0.29) is 10.8 Å². The lowest BCUT2D eigenvalue weighted by atomic mass is 10.1. The highest BCUT2D eigenvalue weighted by molar-refractivity contribution is 7.89. The molecule has 0 unspecified atom stereocenters. The number of benzene rings is 1. The number of pyridine rings is 1. The van der Waals surface area contributed by atoms with E-state index in [0.717, 1.165) is 11.9 Å². The predicted molar refractivity (Wildman–Crippen MR) is 121 cm³/mol. The number of sulfonamides is 1. The molecule has 4 N–H and O–H groups in total.